The Bertz CT molecular complexity index is 695. The van der Waals surface area contributed by atoms with Crippen LogP contribution in [0.15, 0.2) is 24.3 Å². The van der Waals surface area contributed by atoms with Crippen LogP contribution in [-0.2, 0) is 9.53 Å². The Kier molecular flexibility index (Phi) is 4.00. The number of hydrogen-bond donors (Lipinski definition) is 0. The predicted molar refractivity (Wildman–Crippen MR) is 84.0 cm³/mol. The van der Waals surface area contributed by atoms with E-state index in [9.17, 15) is 9.18 Å². The molecule has 0 radical (unpaired) electrons. The number of hydrogen-bond acceptors (Lipinski definition) is 4. The monoisotopic (exact) mass is 319 g/mol. The Balaban J connectivity index is 1.76. The normalized spacial score (nSPS) is 21.5. The summed E-state index contributed by atoms with van der Waals surface area (Å²) in [6.45, 7) is 5.84. The van der Waals surface area contributed by atoms with E-state index in [0.717, 1.165) is 27.6 Å². The summed E-state index contributed by atoms with van der Waals surface area (Å²) in [6, 6.07) is 6.26. The molecule has 0 unspecified atom stereocenters. The summed E-state index contributed by atoms with van der Waals surface area (Å²) in [5.41, 5.74) is 1.73. The number of carbonyl (C=O) groups excluding carboxylic acids is 1. The van der Waals surface area contributed by atoms with E-state index in [0.29, 0.717) is 5.92 Å². The molecule has 0 bridgehead atoms. The van der Waals surface area contributed by atoms with E-state index in [1.54, 1.807) is 12.1 Å². The number of rotatable bonds is 4. The van der Waals surface area contributed by atoms with E-state index < -0.39 is 0 Å². The lowest BCUT2D eigenvalue weighted by molar-refractivity contribution is -0.150. The topological polar surface area (TPSA) is 39.2 Å². The molecule has 1 fully saturated rings. The highest BCUT2D eigenvalue weighted by atomic mass is 32.1. The molecule has 3 rings (SSSR count). The number of carbonyl (C=O) groups is 1. The Morgan fingerprint density at radius 3 is 2.64 bits per heavy atom. The minimum atomic E-state index is -0.299. The zero-order valence-corrected chi connectivity index (χ0v) is 13.6. The fourth-order valence-corrected chi connectivity index (χ4v) is 3.52. The summed E-state index contributed by atoms with van der Waals surface area (Å²) in [5.74, 6) is 0.124. The number of esters is 1. The number of thiazole rings is 1. The van der Waals surface area contributed by atoms with Crippen LogP contribution in [0.5, 0.6) is 0 Å². The molecule has 1 aromatic carbocycles. The molecule has 0 aliphatic heterocycles. The molecule has 1 aromatic heterocycles. The van der Waals surface area contributed by atoms with Crippen molar-refractivity contribution in [2.45, 2.75) is 33.3 Å². The standard InChI is InChI=1S/C17H18FNO2S/c1-9-8-14(9)17(20)21-11(3)15-10(2)19-16(22-15)12-4-6-13(18)7-5-12/h4-7,9,11,14H,8H2,1-3H3/t9-,11+,14+/m1/s1. The molecular formula is C17H18FNO2S. The van der Waals surface area contributed by atoms with Gasteiger partial charge >= 0.3 is 5.97 Å². The van der Waals surface area contributed by atoms with Gasteiger partial charge in [0.25, 0.3) is 0 Å². The number of benzene rings is 1. The van der Waals surface area contributed by atoms with Gasteiger partial charge in [-0.15, -0.1) is 11.3 Å². The number of aromatic nitrogens is 1. The fourth-order valence-electron chi connectivity index (χ4n) is 2.47. The van der Waals surface area contributed by atoms with Crippen LogP contribution in [-0.4, -0.2) is 11.0 Å². The second kappa shape index (κ2) is 5.80. The Labute approximate surface area is 133 Å². The van der Waals surface area contributed by atoms with Gasteiger partial charge in [0, 0.05) is 5.56 Å². The average Bonchev–Trinajstić information content (AvgIpc) is 3.08. The summed E-state index contributed by atoms with van der Waals surface area (Å²) in [7, 11) is 0. The predicted octanol–water partition coefficient (Wildman–Crippen LogP) is 4.52. The summed E-state index contributed by atoms with van der Waals surface area (Å²) in [4.78, 5) is 17.4. The maximum absolute atomic E-state index is 13.0. The second-order valence-corrected chi connectivity index (χ2v) is 6.90. The fraction of sp³-hybridized carbons (Fsp3) is 0.412. The number of ether oxygens (including phenoxy) is 1. The van der Waals surface area contributed by atoms with Crippen molar-refractivity contribution < 1.29 is 13.9 Å². The molecule has 1 aliphatic carbocycles. The van der Waals surface area contributed by atoms with Gasteiger partial charge in [0.2, 0.25) is 0 Å². The maximum atomic E-state index is 13.0. The van der Waals surface area contributed by atoms with Crippen molar-refractivity contribution in [2.24, 2.45) is 11.8 Å². The zero-order chi connectivity index (χ0) is 15.9. The van der Waals surface area contributed by atoms with Gasteiger partial charge in [-0.25, -0.2) is 9.37 Å². The molecule has 116 valence electrons. The Morgan fingerprint density at radius 1 is 1.41 bits per heavy atom. The van der Waals surface area contributed by atoms with E-state index in [4.69, 9.17) is 4.74 Å². The van der Waals surface area contributed by atoms with Crippen molar-refractivity contribution in [3.8, 4) is 10.6 Å². The molecule has 2 aromatic rings. The van der Waals surface area contributed by atoms with Crippen molar-refractivity contribution in [1.29, 1.82) is 0 Å². The summed E-state index contributed by atoms with van der Waals surface area (Å²) in [6.07, 6.45) is 0.626. The van der Waals surface area contributed by atoms with Crippen LogP contribution in [0.25, 0.3) is 10.6 Å². The lowest BCUT2D eigenvalue weighted by Gasteiger charge is -2.11. The van der Waals surface area contributed by atoms with E-state index in [1.807, 2.05) is 13.8 Å². The van der Waals surface area contributed by atoms with Crippen LogP contribution < -0.4 is 0 Å². The van der Waals surface area contributed by atoms with Crippen LogP contribution in [0.2, 0.25) is 0 Å². The van der Waals surface area contributed by atoms with Crippen molar-refractivity contribution in [3.63, 3.8) is 0 Å². The maximum Gasteiger partial charge on any atom is 0.309 e. The second-order valence-electron chi connectivity index (χ2n) is 5.87. The number of nitrogens with zero attached hydrogens (tertiary/aromatic N) is 1. The van der Waals surface area contributed by atoms with Gasteiger partial charge in [-0.05, 0) is 50.5 Å². The molecule has 22 heavy (non-hydrogen) atoms. The van der Waals surface area contributed by atoms with Gasteiger partial charge in [0.05, 0.1) is 16.5 Å². The highest BCUT2D eigenvalue weighted by Crippen LogP contribution is 2.40. The first-order valence-electron chi connectivity index (χ1n) is 7.39. The van der Waals surface area contributed by atoms with Crippen molar-refractivity contribution >= 4 is 17.3 Å². The average molecular weight is 319 g/mol. The first-order valence-corrected chi connectivity index (χ1v) is 8.21. The van der Waals surface area contributed by atoms with E-state index in [1.165, 1.54) is 23.5 Å². The molecule has 1 heterocycles. The number of halogens is 1. The largest absolute Gasteiger partial charge is 0.457 e. The third kappa shape index (κ3) is 3.04. The third-order valence-corrected chi connectivity index (χ3v) is 5.37. The molecule has 1 saturated carbocycles. The van der Waals surface area contributed by atoms with E-state index in [2.05, 4.69) is 11.9 Å². The first kappa shape index (κ1) is 15.2. The van der Waals surface area contributed by atoms with Crippen molar-refractivity contribution in [1.82, 2.24) is 4.98 Å². The molecule has 0 saturated heterocycles. The van der Waals surface area contributed by atoms with Crippen molar-refractivity contribution in [2.75, 3.05) is 0 Å². The van der Waals surface area contributed by atoms with Crippen LogP contribution in [0.1, 0.15) is 36.9 Å². The summed E-state index contributed by atoms with van der Waals surface area (Å²) < 4.78 is 18.5. The van der Waals surface area contributed by atoms with E-state index in [-0.39, 0.29) is 23.8 Å². The van der Waals surface area contributed by atoms with E-state index >= 15 is 0 Å². The van der Waals surface area contributed by atoms with Gasteiger partial charge in [-0.3, -0.25) is 4.79 Å². The smallest absolute Gasteiger partial charge is 0.309 e. The molecule has 5 heteroatoms. The zero-order valence-electron chi connectivity index (χ0n) is 12.8. The van der Waals surface area contributed by atoms with Crippen LogP contribution >= 0.6 is 11.3 Å². The molecule has 1 aliphatic rings. The minimum Gasteiger partial charge on any atom is -0.457 e. The van der Waals surface area contributed by atoms with Crippen LogP contribution in [0.4, 0.5) is 4.39 Å². The van der Waals surface area contributed by atoms with Gasteiger partial charge < -0.3 is 4.74 Å². The van der Waals surface area contributed by atoms with Gasteiger partial charge in [0.1, 0.15) is 16.9 Å². The quantitative estimate of drug-likeness (QED) is 0.778. The summed E-state index contributed by atoms with van der Waals surface area (Å²) >= 11 is 1.49. The molecule has 0 spiro atoms. The van der Waals surface area contributed by atoms with Crippen LogP contribution in [0.3, 0.4) is 0 Å². The third-order valence-electron chi connectivity index (χ3n) is 4.00. The van der Waals surface area contributed by atoms with Gasteiger partial charge in [0.15, 0.2) is 0 Å². The Morgan fingerprint density at radius 2 is 2.05 bits per heavy atom. The van der Waals surface area contributed by atoms with Crippen molar-refractivity contribution in [3.05, 3.63) is 40.7 Å². The molecule has 3 nitrogen and oxygen atoms in total. The SMILES string of the molecule is Cc1nc(-c2ccc(F)cc2)sc1[C@H](C)OC(=O)[C@H]1C[C@H]1C. The van der Waals surface area contributed by atoms with Gasteiger partial charge in [-0.2, -0.15) is 0 Å². The summed E-state index contributed by atoms with van der Waals surface area (Å²) in [5, 5.41) is 0.815. The minimum absolute atomic E-state index is 0.0623. The molecule has 0 amide bonds. The molecular weight excluding hydrogens is 301 g/mol. The molecule has 3 atom stereocenters. The lowest BCUT2D eigenvalue weighted by atomic mass is 10.2. The Hall–Kier alpha value is -1.75. The number of aryl methyl sites for hydroxylation is 1. The highest BCUT2D eigenvalue weighted by Gasteiger charge is 2.41. The molecule has 0 N–H and O–H groups in total. The van der Waals surface area contributed by atoms with Crippen LogP contribution in [0, 0.1) is 24.6 Å². The lowest BCUT2D eigenvalue weighted by Crippen LogP contribution is -2.11. The highest BCUT2D eigenvalue weighted by molar-refractivity contribution is 7.15. The van der Waals surface area contributed by atoms with Gasteiger partial charge in [-0.1, -0.05) is 6.92 Å². The first-order chi connectivity index (χ1) is 10.5.